The fourth-order valence-corrected chi connectivity index (χ4v) is 2.60. The van der Waals surface area contributed by atoms with Crippen molar-refractivity contribution in [1.29, 1.82) is 0 Å². The van der Waals surface area contributed by atoms with Crippen LogP contribution in [0.3, 0.4) is 0 Å². The summed E-state index contributed by atoms with van der Waals surface area (Å²) in [5.74, 6) is 0. The Balaban J connectivity index is 0.000000581. The highest BCUT2D eigenvalue weighted by molar-refractivity contribution is 5.58. The molecule has 1 atom stereocenters. The number of aldehydes is 1. The smallest absolute Gasteiger partial charge is 0.136 e. The maximum Gasteiger partial charge on any atom is 0.136 e. The van der Waals surface area contributed by atoms with Crippen molar-refractivity contribution in [1.82, 2.24) is 10.6 Å². The van der Waals surface area contributed by atoms with Crippen molar-refractivity contribution in [3.05, 3.63) is 0 Å². The first-order valence-electron chi connectivity index (χ1n) is 7.28. The Morgan fingerprint density at radius 1 is 1.06 bits per heavy atom. The second kappa shape index (κ2) is 9.60. The molecule has 0 radical (unpaired) electrons. The molecule has 17 heavy (non-hydrogen) atoms. The highest BCUT2D eigenvalue weighted by atomic mass is 16.1. The van der Waals surface area contributed by atoms with Crippen LogP contribution in [0.25, 0.3) is 0 Å². The van der Waals surface area contributed by atoms with Gasteiger partial charge in [0.15, 0.2) is 0 Å². The van der Waals surface area contributed by atoms with Crippen LogP contribution in [-0.4, -0.2) is 31.0 Å². The van der Waals surface area contributed by atoms with E-state index in [1.54, 1.807) is 0 Å². The van der Waals surface area contributed by atoms with Crippen molar-refractivity contribution in [2.45, 2.75) is 71.4 Å². The predicted octanol–water partition coefficient (Wildman–Crippen LogP) is 2.50. The summed E-state index contributed by atoms with van der Waals surface area (Å²) in [6.07, 6.45) is 6.91. The Morgan fingerprint density at radius 2 is 1.65 bits per heavy atom. The van der Waals surface area contributed by atoms with E-state index in [4.69, 9.17) is 0 Å². The van der Waals surface area contributed by atoms with Gasteiger partial charge in [0.05, 0.1) is 6.04 Å². The minimum absolute atomic E-state index is 0.117. The lowest BCUT2D eigenvalue weighted by atomic mass is 9.79. The summed E-state index contributed by atoms with van der Waals surface area (Å²) in [6.45, 7) is 10.2. The molecule has 2 N–H and O–H groups in total. The van der Waals surface area contributed by atoms with Crippen LogP contribution in [0, 0.1) is 0 Å². The SMILES string of the molecule is CC.CC.O=CC1CCCC2(CCNCC2)N1. The van der Waals surface area contributed by atoms with Crippen LogP contribution in [0.5, 0.6) is 0 Å². The first kappa shape index (κ1) is 16.6. The van der Waals surface area contributed by atoms with Crippen molar-refractivity contribution >= 4 is 6.29 Å². The van der Waals surface area contributed by atoms with E-state index in [0.29, 0.717) is 0 Å². The molecule has 3 nitrogen and oxygen atoms in total. The van der Waals surface area contributed by atoms with Crippen LogP contribution < -0.4 is 10.6 Å². The van der Waals surface area contributed by atoms with Gasteiger partial charge in [-0.2, -0.15) is 0 Å². The third-order valence-electron chi connectivity index (χ3n) is 3.39. The molecular formula is C14H30N2O. The Morgan fingerprint density at radius 3 is 2.18 bits per heavy atom. The highest BCUT2D eigenvalue weighted by Gasteiger charge is 2.36. The summed E-state index contributed by atoms with van der Waals surface area (Å²) in [6, 6.07) is 0.117. The van der Waals surface area contributed by atoms with Crippen molar-refractivity contribution in [2.24, 2.45) is 0 Å². The Hall–Kier alpha value is -0.410. The van der Waals surface area contributed by atoms with Gasteiger partial charge < -0.3 is 15.4 Å². The maximum atomic E-state index is 10.7. The van der Waals surface area contributed by atoms with Gasteiger partial charge in [-0.1, -0.05) is 27.7 Å². The quantitative estimate of drug-likeness (QED) is 0.694. The molecule has 0 aromatic rings. The monoisotopic (exact) mass is 242 g/mol. The van der Waals surface area contributed by atoms with Gasteiger partial charge in [-0.25, -0.2) is 0 Å². The van der Waals surface area contributed by atoms with Crippen LogP contribution in [0.4, 0.5) is 0 Å². The zero-order valence-electron chi connectivity index (χ0n) is 12.0. The van der Waals surface area contributed by atoms with Gasteiger partial charge in [0.1, 0.15) is 6.29 Å². The normalized spacial score (nSPS) is 26.0. The maximum absolute atomic E-state index is 10.7. The van der Waals surface area contributed by atoms with Gasteiger partial charge >= 0.3 is 0 Å². The summed E-state index contributed by atoms with van der Waals surface area (Å²) in [5, 5.41) is 6.87. The molecule has 3 heteroatoms. The standard InChI is InChI=1S/C10H18N2O.2C2H6/c13-8-9-2-1-3-10(12-9)4-6-11-7-5-10;2*1-2/h8-9,11-12H,1-7H2;2*1-2H3. The summed E-state index contributed by atoms with van der Waals surface area (Å²) < 4.78 is 0. The van der Waals surface area contributed by atoms with Crippen LogP contribution >= 0.6 is 0 Å². The van der Waals surface area contributed by atoms with Gasteiger partial charge in [-0.3, -0.25) is 0 Å². The van der Waals surface area contributed by atoms with Crippen LogP contribution in [0.2, 0.25) is 0 Å². The minimum atomic E-state index is 0.117. The van der Waals surface area contributed by atoms with Gasteiger partial charge in [0, 0.05) is 5.54 Å². The van der Waals surface area contributed by atoms with Crippen molar-refractivity contribution < 1.29 is 4.79 Å². The summed E-state index contributed by atoms with van der Waals surface area (Å²) in [4.78, 5) is 10.7. The predicted molar refractivity (Wildman–Crippen MR) is 74.4 cm³/mol. The van der Waals surface area contributed by atoms with E-state index in [0.717, 1.165) is 25.8 Å². The lowest BCUT2D eigenvalue weighted by molar-refractivity contribution is -0.111. The number of rotatable bonds is 1. The van der Waals surface area contributed by atoms with Crippen molar-refractivity contribution in [3.8, 4) is 0 Å². The summed E-state index contributed by atoms with van der Waals surface area (Å²) in [7, 11) is 0. The molecule has 0 saturated carbocycles. The van der Waals surface area contributed by atoms with Gasteiger partial charge in [0.2, 0.25) is 0 Å². The van der Waals surface area contributed by atoms with Crippen LogP contribution in [0.15, 0.2) is 0 Å². The number of nitrogens with one attached hydrogen (secondary N) is 2. The second-order valence-electron chi connectivity index (χ2n) is 4.31. The molecule has 1 spiro atoms. The number of carbonyl (C=O) groups excluding carboxylic acids is 1. The Labute approximate surface area is 107 Å². The second-order valence-corrected chi connectivity index (χ2v) is 4.31. The molecule has 2 rings (SSSR count). The lowest BCUT2D eigenvalue weighted by Crippen LogP contribution is -2.58. The average molecular weight is 242 g/mol. The third-order valence-corrected chi connectivity index (χ3v) is 3.39. The molecule has 2 fully saturated rings. The Kier molecular flexibility index (Phi) is 9.37. The van der Waals surface area contributed by atoms with Crippen LogP contribution in [0.1, 0.15) is 59.8 Å². The summed E-state index contributed by atoms with van der Waals surface area (Å²) in [5.41, 5.74) is 0.287. The minimum Gasteiger partial charge on any atom is -0.317 e. The average Bonchev–Trinajstić information content (AvgIpc) is 2.44. The topological polar surface area (TPSA) is 41.1 Å². The molecule has 102 valence electrons. The number of hydrogen-bond acceptors (Lipinski definition) is 3. The molecule has 2 saturated heterocycles. The zero-order valence-corrected chi connectivity index (χ0v) is 12.0. The Bertz CT molecular complexity index is 183. The molecule has 0 aliphatic carbocycles. The van der Waals surface area contributed by atoms with Gasteiger partial charge in [0.25, 0.3) is 0 Å². The molecule has 2 aliphatic rings. The van der Waals surface area contributed by atoms with Crippen molar-refractivity contribution in [2.75, 3.05) is 13.1 Å². The van der Waals surface area contributed by atoms with E-state index in [1.165, 1.54) is 25.7 Å². The molecular weight excluding hydrogens is 212 g/mol. The van der Waals surface area contributed by atoms with E-state index in [1.807, 2.05) is 27.7 Å². The first-order valence-corrected chi connectivity index (χ1v) is 7.28. The van der Waals surface area contributed by atoms with E-state index >= 15 is 0 Å². The lowest BCUT2D eigenvalue weighted by Gasteiger charge is -2.43. The number of piperidine rings is 2. The fraction of sp³-hybridized carbons (Fsp3) is 0.929. The number of carbonyl (C=O) groups is 1. The zero-order chi connectivity index (χ0) is 13.1. The fourth-order valence-electron chi connectivity index (χ4n) is 2.60. The molecule has 0 aromatic carbocycles. The van der Waals surface area contributed by atoms with E-state index in [9.17, 15) is 4.79 Å². The molecule has 2 aliphatic heterocycles. The van der Waals surface area contributed by atoms with Gasteiger partial charge in [-0.05, 0) is 45.2 Å². The van der Waals surface area contributed by atoms with E-state index < -0.39 is 0 Å². The molecule has 0 amide bonds. The molecule has 2 heterocycles. The largest absolute Gasteiger partial charge is 0.317 e. The van der Waals surface area contributed by atoms with E-state index in [-0.39, 0.29) is 11.6 Å². The van der Waals surface area contributed by atoms with E-state index in [2.05, 4.69) is 10.6 Å². The van der Waals surface area contributed by atoms with Crippen molar-refractivity contribution in [3.63, 3.8) is 0 Å². The summed E-state index contributed by atoms with van der Waals surface area (Å²) >= 11 is 0. The molecule has 0 bridgehead atoms. The van der Waals surface area contributed by atoms with Gasteiger partial charge in [-0.15, -0.1) is 0 Å². The number of hydrogen-bond donors (Lipinski definition) is 2. The first-order chi connectivity index (χ1) is 8.35. The third kappa shape index (κ3) is 5.17. The highest BCUT2D eigenvalue weighted by Crippen LogP contribution is 2.29. The van der Waals surface area contributed by atoms with Crippen LogP contribution in [-0.2, 0) is 4.79 Å². The molecule has 0 aromatic heterocycles. The molecule has 1 unspecified atom stereocenters.